The van der Waals surface area contributed by atoms with Crippen LogP contribution in [0.2, 0.25) is 0 Å². The van der Waals surface area contributed by atoms with Gasteiger partial charge in [-0.2, -0.15) is 0 Å². The molecule has 0 heterocycles. The molecule has 8 heavy (non-hydrogen) atoms. The third kappa shape index (κ3) is 5.70. The Bertz CT molecular complexity index is 76.9. The molecule has 0 aliphatic carbocycles. The first-order chi connectivity index (χ1) is 3.56. The molecule has 0 aromatic rings. The van der Waals surface area contributed by atoms with E-state index in [4.69, 9.17) is 5.11 Å². The number of hydrogen-bond acceptors (Lipinski definition) is 1. The third-order valence-electron chi connectivity index (χ3n) is 0.723. The summed E-state index contributed by atoms with van der Waals surface area (Å²) in [5, 5.41) is 8.34. The highest BCUT2D eigenvalue weighted by atomic mass is 16.2. The summed E-state index contributed by atoms with van der Waals surface area (Å²) in [4.78, 5) is 0. The number of allylic oxidation sites excluding steroid dienone is 1. The van der Waals surface area contributed by atoms with Gasteiger partial charge in [0.15, 0.2) is 0 Å². The fourth-order valence-corrected chi connectivity index (χ4v) is 0.406. The second-order valence-corrected chi connectivity index (χ2v) is 2.95. The molecule has 1 nitrogen and oxygen atoms in total. The van der Waals surface area contributed by atoms with Gasteiger partial charge >= 0.3 is 0 Å². The molecular formula is C7H14O. The first-order valence-electron chi connectivity index (χ1n) is 2.85. The van der Waals surface area contributed by atoms with Gasteiger partial charge in [-0.1, -0.05) is 32.9 Å². The Labute approximate surface area is 51.0 Å². The van der Waals surface area contributed by atoms with Crippen LogP contribution in [0.1, 0.15) is 20.8 Å². The maximum Gasteiger partial charge on any atom is 0.0612 e. The van der Waals surface area contributed by atoms with Crippen LogP contribution in [0.15, 0.2) is 12.2 Å². The standard InChI is InChI=1S/C7H14O/c1-7(2,3)5-4-6-8/h4-5,8H,6H2,1-3H3/b5-4-. The molecule has 0 rings (SSSR count). The number of aliphatic hydroxyl groups is 1. The minimum Gasteiger partial charge on any atom is -0.392 e. The minimum absolute atomic E-state index is 0.150. The van der Waals surface area contributed by atoms with Gasteiger partial charge in [-0.15, -0.1) is 0 Å². The molecule has 0 aromatic carbocycles. The smallest absolute Gasteiger partial charge is 0.0612 e. The predicted molar refractivity (Wildman–Crippen MR) is 35.7 cm³/mol. The number of aliphatic hydroxyl groups excluding tert-OH is 1. The van der Waals surface area contributed by atoms with Crippen molar-refractivity contribution in [1.82, 2.24) is 0 Å². The summed E-state index contributed by atoms with van der Waals surface area (Å²) in [5.41, 5.74) is 0.211. The van der Waals surface area contributed by atoms with Gasteiger partial charge in [0.1, 0.15) is 0 Å². The van der Waals surface area contributed by atoms with E-state index >= 15 is 0 Å². The van der Waals surface area contributed by atoms with Gasteiger partial charge in [0.25, 0.3) is 0 Å². The summed E-state index contributed by atoms with van der Waals surface area (Å²) in [6.07, 6.45) is 3.76. The van der Waals surface area contributed by atoms with Gasteiger partial charge in [-0.05, 0) is 5.41 Å². The van der Waals surface area contributed by atoms with Crippen LogP contribution in [0.3, 0.4) is 0 Å². The molecule has 0 spiro atoms. The predicted octanol–water partition coefficient (Wildman–Crippen LogP) is 1.58. The molecule has 0 amide bonds. The molecule has 0 unspecified atom stereocenters. The second kappa shape index (κ2) is 2.88. The normalized spacial score (nSPS) is 13.0. The fourth-order valence-electron chi connectivity index (χ4n) is 0.406. The van der Waals surface area contributed by atoms with E-state index in [2.05, 4.69) is 20.8 Å². The lowest BCUT2D eigenvalue weighted by molar-refractivity contribution is 0.340. The molecule has 0 aromatic heterocycles. The molecule has 1 heteroatoms. The van der Waals surface area contributed by atoms with Gasteiger partial charge in [-0.25, -0.2) is 0 Å². The molecule has 0 bridgehead atoms. The van der Waals surface area contributed by atoms with E-state index in [9.17, 15) is 0 Å². The molecular weight excluding hydrogens is 100 g/mol. The maximum atomic E-state index is 8.34. The summed E-state index contributed by atoms with van der Waals surface area (Å²) in [7, 11) is 0. The average molecular weight is 114 g/mol. The van der Waals surface area contributed by atoms with E-state index in [1.54, 1.807) is 6.08 Å². The highest BCUT2D eigenvalue weighted by Gasteiger charge is 2.01. The first kappa shape index (κ1) is 7.70. The van der Waals surface area contributed by atoms with Gasteiger partial charge in [-0.3, -0.25) is 0 Å². The van der Waals surface area contributed by atoms with Crippen molar-refractivity contribution >= 4 is 0 Å². The first-order valence-corrected chi connectivity index (χ1v) is 2.85. The SMILES string of the molecule is CC(C)(C)/C=C\CO. The van der Waals surface area contributed by atoms with Crippen molar-refractivity contribution in [2.24, 2.45) is 5.41 Å². The zero-order valence-electron chi connectivity index (χ0n) is 5.81. The molecule has 0 radical (unpaired) electrons. The van der Waals surface area contributed by atoms with Crippen LogP contribution in [-0.2, 0) is 0 Å². The monoisotopic (exact) mass is 114 g/mol. The summed E-state index contributed by atoms with van der Waals surface area (Å²) >= 11 is 0. The lowest BCUT2D eigenvalue weighted by atomic mass is 9.97. The highest BCUT2D eigenvalue weighted by Crippen LogP contribution is 2.13. The van der Waals surface area contributed by atoms with Gasteiger partial charge in [0.2, 0.25) is 0 Å². The molecule has 0 atom stereocenters. The van der Waals surface area contributed by atoms with E-state index in [0.29, 0.717) is 0 Å². The zero-order valence-corrected chi connectivity index (χ0v) is 5.81. The van der Waals surface area contributed by atoms with Crippen LogP contribution in [0.5, 0.6) is 0 Å². The maximum absolute atomic E-state index is 8.34. The van der Waals surface area contributed by atoms with Crippen molar-refractivity contribution in [2.45, 2.75) is 20.8 Å². The van der Waals surface area contributed by atoms with E-state index in [1.165, 1.54) is 0 Å². The van der Waals surface area contributed by atoms with E-state index in [0.717, 1.165) is 0 Å². The summed E-state index contributed by atoms with van der Waals surface area (Å²) in [6.45, 7) is 6.44. The van der Waals surface area contributed by atoms with Crippen LogP contribution in [0.25, 0.3) is 0 Å². The molecule has 48 valence electrons. The van der Waals surface area contributed by atoms with Crippen LogP contribution in [-0.4, -0.2) is 11.7 Å². The van der Waals surface area contributed by atoms with Gasteiger partial charge in [0.05, 0.1) is 6.61 Å². The van der Waals surface area contributed by atoms with Crippen molar-refractivity contribution in [3.8, 4) is 0 Å². The molecule has 0 fully saturated rings. The van der Waals surface area contributed by atoms with Crippen LogP contribution in [0.4, 0.5) is 0 Å². The van der Waals surface area contributed by atoms with Gasteiger partial charge < -0.3 is 5.11 Å². The molecule has 0 saturated carbocycles. The minimum atomic E-state index is 0.150. The third-order valence-corrected chi connectivity index (χ3v) is 0.723. The van der Waals surface area contributed by atoms with Crippen molar-refractivity contribution < 1.29 is 5.11 Å². The van der Waals surface area contributed by atoms with Crippen molar-refractivity contribution in [3.63, 3.8) is 0 Å². The Hall–Kier alpha value is -0.300. The molecule has 0 aliphatic rings. The highest BCUT2D eigenvalue weighted by molar-refractivity contribution is 4.91. The van der Waals surface area contributed by atoms with E-state index < -0.39 is 0 Å². The Morgan fingerprint density at radius 2 is 1.88 bits per heavy atom. The van der Waals surface area contributed by atoms with Crippen LogP contribution >= 0.6 is 0 Å². The zero-order chi connectivity index (χ0) is 6.62. The second-order valence-electron chi connectivity index (χ2n) is 2.95. The van der Waals surface area contributed by atoms with Crippen molar-refractivity contribution in [1.29, 1.82) is 0 Å². The topological polar surface area (TPSA) is 20.2 Å². The van der Waals surface area contributed by atoms with E-state index in [-0.39, 0.29) is 12.0 Å². The van der Waals surface area contributed by atoms with Crippen molar-refractivity contribution in [2.75, 3.05) is 6.61 Å². The Morgan fingerprint density at radius 1 is 1.38 bits per heavy atom. The summed E-state index contributed by atoms with van der Waals surface area (Å²) < 4.78 is 0. The quantitative estimate of drug-likeness (QED) is 0.513. The summed E-state index contributed by atoms with van der Waals surface area (Å²) in [5.74, 6) is 0. The molecule has 1 N–H and O–H groups in total. The van der Waals surface area contributed by atoms with Crippen molar-refractivity contribution in [3.05, 3.63) is 12.2 Å². The summed E-state index contributed by atoms with van der Waals surface area (Å²) in [6, 6.07) is 0. The Morgan fingerprint density at radius 3 is 2.00 bits per heavy atom. The lowest BCUT2D eigenvalue weighted by Gasteiger charge is -2.09. The fraction of sp³-hybridized carbons (Fsp3) is 0.714. The largest absolute Gasteiger partial charge is 0.392 e. The van der Waals surface area contributed by atoms with E-state index in [1.807, 2.05) is 6.08 Å². The average Bonchev–Trinajstić information content (AvgIpc) is 1.59. The van der Waals surface area contributed by atoms with Crippen LogP contribution in [0, 0.1) is 5.41 Å². The lowest BCUT2D eigenvalue weighted by Crippen LogP contribution is -1.98. The Kier molecular flexibility index (Phi) is 2.77. The Balaban J connectivity index is 3.52. The number of hydrogen-bond donors (Lipinski definition) is 1. The molecule has 0 aliphatic heterocycles. The van der Waals surface area contributed by atoms with Crippen LogP contribution < -0.4 is 0 Å². The molecule has 0 saturated heterocycles. The van der Waals surface area contributed by atoms with Gasteiger partial charge in [0, 0.05) is 0 Å². The number of rotatable bonds is 1.